The summed E-state index contributed by atoms with van der Waals surface area (Å²) in [6, 6.07) is 7.94. The van der Waals surface area contributed by atoms with Gasteiger partial charge in [0.1, 0.15) is 11.6 Å². The predicted octanol–water partition coefficient (Wildman–Crippen LogP) is 4.23. The van der Waals surface area contributed by atoms with Crippen LogP contribution in [0.25, 0.3) is 0 Å². The van der Waals surface area contributed by atoms with Crippen LogP contribution in [0.3, 0.4) is 0 Å². The van der Waals surface area contributed by atoms with Crippen LogP contribution in [0.4, 0.5) is 25.0 Å². The van der Waals surface area contributed by atoms with E-state index >= 15 is 0 Å². The summed E-state index contributed by atoms with van der Waals surface area (Å²) < 4.78 is 26.2. The van der Waals surface area contributed by atoms with Crippen LogP contribution in [0.1, 0.15) is 11.1 Å². The Labute approximate surface area is 115 Å². The highest BCUT2D eigenvalue weighted by Gasteiger charge is 2.09. The van der Waals surface area contributed by atoms with Crippen molar-refractivity contribution in [3.05, 3.63) is 59.2 Å². The molecule has 2 rings (SSSR count). The normalized spacial score (nSPS) is 10.2. The summed E-state index contributed by atoms with van der Waals surface area (Å²) in [7, 11) is 0. The highest BCUT2D eigenvalue weighted by molar-refractivity contribution is 6.00. The Kier molecular flexibility index (Phi) is 3.98. The Bertz CT molecular complexity index is 601. The Morgan fingerprint density at radius 2 is 1.60 bits per heavy atom. The summed E-state index contributed by atoms with van der Waals surface area (Å²) in [5, 5.41) is 4.95. The average Bonchev–Trinajstić information content (AvgIpc) is 2.36. The van der Waals surface area contributed by atoms with E-state index < -0.39 is 17.7 Å². The van der Waals surface area contributed by atoms with Gasteiger partial charge in [-0.15, -0.1) is 0 Å². The molecule has 20 heavy (non-hydrogen) atoms. The van der Waals surface area contributed by atoms with E-state index in [9.17, 15) is 13.6 Å². The topological polar surface area (TPSA) is 41.1 Å². The van der Waals surface area contributed by atoms with Crippen LogP contribution in [-0.4, -0.2) is 6.03 Å². The van der Waals surface area contributed by atoms with Crippen molar-refractivity contribution in [3.63, 3.8) is 0 Å². The SMILES string of the molecule is Cc1ccc(NC(=O)Nc2ccc(F)cc2F)c(C)c1. The quantitative estimate of drug-likeness (QED) is 0.847. The highest BCUT2D eigenvalue weighted by atomic mass is 19.1. The monoisotopic (exact) mass is 276 g/mol. The van der Waals surface area contributed by atoms with Gasteiger partial charge in [-0.05, 0) is 37.6 Å². The maximum Gasteiger partial charge on any atom is 0.323 e. The fourth-order valence-corrected chi connectivity index (χ4v) is 1.82. The third kappa shape index (κ3) is 3.32. The first-order valence-corrected chi connectivity index (χ1v) is 6.06. The molecular weight excluding hydrogens is 262 g/mol. The molecule has 0 heterocycles. The zero-order valence-electron chi connectivity index (χ0n) is 11.1. The van der Waals surface area contributed by atoms with Crippen LogP contribution in [0.5, 0.6) is 0 Å². The fourth-order valence-electron chi connectivity index (χ4n) is 1.82. The third-order valence-electron chi connectivity index (χ3n) is 2.81. The number of rotatable bonds is 2. The Hall–Kier alpha value is -2.43. The van der Waals surface area contributed by atoms with Gasteiger partial charge in [0.2, 0.25) is 0 Å². The smallest absolute Gasteiger partial charge is 0.307 e. The molecule has 2 N–H and O–H groups in total. The molecule has 0 aromatic heterocycles. The van der Waals surface area contributed by atoms with Gasteiger partial charge in [-0.1, -0.05) is 17.7 Å². The number of halogens is 2. The summed E-state index contributed by atoms with van der Waals surface area (Å²) in [6.07, 6.45) is 0. The number of aryl methyl sites for hydroxylation is 2. The second-order valence-electron chi connectivity index (χ2n) is 4.52. The summed E-state index contributed by atoms with van der Waals surface area (Å²) in [5.41, 5.74) is 2.54. The molecule has 2 aromatic rings. The molecular formula is C15H14F2N2O. The second kappa shape index (κ2) is 5.69. The van der Waals surface area contributed by atoms with Gasteiger partial charge in [0, 0.05) is 11.8 Å². The Morgan fingerprint density at radius 1 is 0.950 bits per heavy atom. The molecule has 104 valence electrons. The van der Waals surface area contributed by atoms with Gasteiger partial charge in [-0.3, -0.25) is 0 Å². The number of nitrogens with one attached hydrogen (secondary N) is 2. The Balaban J connectivity index is 2.09. The van der Waals surface area contributed by atoms with Crippen molar-refractivity contribution in [1.29, 1.82) is 0 Å². The molecule has 0 saturated carbocycles. The molecule has 3 nitrogen and oxygen atoms in total. The lowest BCUT2D eigenvalue weighted by molar-refractivity contribution is 0.262. The van der Waals surface area contributed by atoms with Gasteiger partial charge in [-0.2, -0.15) is 0 Å². The molecule has 0 aliphatic rings. The predicted molar refractivity (Wildman–Crippen MR) is 74.9 cm³/mol. The van der Waals surface area contributed by atoms with E-state index in [0.717, 1.165) is 17.2 Å². The molecule has 0 fully saturated rings. The van der Waals surface area contributed by atoms with Crippen molar-refractivity contribution in [2.45, 2.75) is 13.8 Å². The van der Waals surface area contributed by atoms with Crippen LogP contribution in [0, 0.1) is 25.5 Å². The van der Waals surface area contributed by atoms with Crippen molar-refractivity contribution in [2.75, 3.05) is 10.6 Å². The first kappa shape index (κ1) is 14.0. The zero-order valence-corrected chi connectivity index (χ0v) is 11.1. The fraction of sp³-hybridized carbons (Fsp3) is 0.133. The third-order valence-corrected chi connectivity index (χ3v) is 2.81. The van der Waals surface area contributed by atoms with Crippen LogP contribution in [-0.2, 0) is 0 Å². The molecule has 0 radical (unpaired) electrons. The number of anilines is 2. The van der Waals surface area contributed by atoms with Crippen molar-refractivity contribution in [3.8, 4) is 0 Å². The summed E-state index contributed by atoms with van der Waals surface area (Å²) in [6.45, 7) is 3.81. The molecule has 0 atom stereocenters. The molecule has 0 saturated heterocycles. The molecule has 0 aliphatic carbocycles. The van der Waals surface area contributed by atoms with E-state index in [-0.39, 0.29) is 5.69 Å². The maximum absolute atomic E-state index is 13.4. The van der Waals surface area contributed by atoms with Crippen LogP contribution in [0.2, 0.25) is 0 Å². The van der Waals surface area contributed by atoms with Crippen LogP contribution < -0.4 is 10.6 Å². The minimum atomic E-state index is -0.819. The lowest BCUT2D eigenvalue weighted by Gasteiger charge is -2.11. The second-order valence-corrected chi connectivity index (χ2v) is 4.52. The molecule has 5 heteroatoms. The van der Waals surface area contributed by atoms with Gasteiger partial charge >= 0.3 is 6.03 Å². The standard InChI is InChI=1S/C15H14F2N2O/c1-9-3-5-13(10(2)7-9)18-15(20)19-14-6-4-11(16)8-12(14)17/h3-8H,1-2H3,(H2,18,19,20). The average molecular weight is 276 g/mol. The molecule has 0 unspecified atom stereocenters. The van der Waals surface area contributed by atoms with Gasteiger partial charge in [0.15, 0.2) is 0 Å². The van der Waals surface area contributed by atoms with Crippen LogP contribution >= 0.6 is 0 Å². The number of hydrogen-bond acceptors (Lipinski definition) is 1. The number of carbonyl (C=O) groups is 1. The first-order valence-electron chi connectivity index (χ1n) is 6.06. The molecule has 2 amide bonds. The molecule has 0 spiro atoms. The lowest BCUT2D eigenvalue weighted by Crippen LogP contribution is -2.20. The maximum atomic E-state index is 13.4. The van der Waals surface area contributed by atoms with Crippen molar-refractivity contribution in [2.24, 2.45) is 0 Å². The van der Waals surface area contributed by atoms with E-state index in [4.69, 9.17) is 0 Å². The lowest BCUT2D eigenvalue weighted by atomic mass is 10.1. The van der Waals surface area contributed by atoms with Crippen molar-refractivity contribution >= 4 is 17.4 Å². The largest absolute Gasteiger partial charge is 0.323 e. The van der Waals surface area contributed by atoms with Crippen molar-refractivity contribution in [1.82, 2.24) is 0 Å². The summed E-state index contributed by atoms with van der Waals surface area (Å²) in [4.78, 5) is 11.8. The van der Waals surface area contributed by atoms with Crippen LogP contribution in [0.15, 0.2) is 36.4 Å². The van der Waals surface area contributed by atoms with Gasteiger partial charge in [0.25, 0.3) is 0 Å². The van der Waals surface area contributed by atoms with E-state index in [2.05, 4.69) is 10.6 Å². The Morgan fingerprint density at radius 3 is 2.25 bits per heavy atom. The molecule has 2 aromatic carbocycles. The number of benzene rings is 2. The number of urea groups is 1. The summed E-state index contributed by atoms with van der Waals surface area (Å²) in [5.74, 6) is -1.51. The molecule has 0 bridgehead atoms. The minimum absolute atomic E-state index is 0.0753. The van der Waals surface area contributed by atoms with E-state index in [0.29, 0.717) is 11.8 Å². The number of hydrogen-bond donors (Lipinski definition) is 2. The van der Waals surface area contributed by atoms with E-state index in [1.54, 1.807) is 6.07 Å². The zero-order chi connectivity index (χ0) is 14.7. The van der Waals surface area contributed by atoms with Crippen molar-refractivity contribution < 1.29 is 13.6 Å². The van der Waals surface area contributed by atoms with Gasteiger partial charge in [0.05, 0.1) is 5.69 Å². The first-order chi connectivity index (χ1) is 9.45. The van der Waals surface area contributed by atoms with Gasteiger partial charge < -0.3 is 10.6 Å². The number of carbonyl (C=O) groups excluding carboxylic acids is 1. The van der Waals surface area contributed by atoms with Gasteiger partial charge in [-0.25, -0.2) is 13.6 Å². The summed E-state index contributed by atoms with van der Waals surface area (Å²) >= 11 is 0. The highest BCUT2D eigenvalue weighted by Crippen LogP contribution is 2.18. The molecule has 0 aliphatic heterocycles. The van der Waals surface area contributed by atoms with E-state index in [1.165, 1.54) is 6.07 Å². The number of amides is 2. The minimum Gasteiger partial charge on any atom is -0.307 e. The van der Waals surface area contributed by atoms with E-state index in [1.807, 2.05) is 26.0 Å².